The zero-order chi connectivity index (χ0) is 13.4. The van der Waals surface area contributed by atoms with E-state index < -0.39 is 0 Å². The van der Waals surface area contributed by atoms with E-state index in [4.69, 9.17) is 9.47 Å². The number of carbonyl (C=O) groups excluding carboxylic acids is 1. The first-order chi connectivity index (χ1) is 8.63. The van der Waals surface area contributed by atoms with Gasteiger partial charge in [0.2, 0.25) is 0 Å². The number of methoxy groups -OCH3 is 1. The Kier molecular flexibility index (Phi) is 6.14. The van der Waals surface area contributed by atoms with Crippen molar-refractivity contribution in [3.8, 4) is 5.75 Å². The van der Waals surface area contributed by atoms with Gasteiger partial charge in [-0.05, 0) is 37.1 Å². The van der Waals surface area contributed by atoms with Crippen LogP contribution in [0.2, 0.25) is 0 Å². The molecule has 0 radical (unpaired) electrons. The molecule has 0 aliphatic heterocycles. The summed E-state index contributed by atoms with van der Waals surface area (Å²) in [5, 5.41) is 2.70. The number of halogens is 1. The molecular formula is C13H18FNO3. The van der Waals surface area contributed by atoms with E-state index in [1.807, 2.05) is 0 Å². The van der Waals surface area contributed by atoms with Gasteiger partial charge in [-0.1, -0.05) is 0 Å². The van der Waals surface area contributed by atoms with Gasteiger partial charge < -0.3 is 14.8 Å². The van der Waals surface area contributed by atoms with Gasteiger partial charge in [0.25, 0.3) is 5.91 Å². The molecule has 0 saturated carbocycles. The Morgan fingerprint density at radius 2 is 2.22 bits per heavy atom. The summed E-state index contributed by atoms with van der Waals surface area (Å²) >= 11 is 0. The number of amides is 1. The Morgan fingerprint density at radius 1 is 1.44 bits per heavy atom. The van der Waals surface area contributed by atoms with Crippen molar-refractivity contribution in [2.45, 2.75) is 13.3 Å². The minimum atomic E-state index is -0.316. The maximum atomic E-state index is 12.8. The summed E-state index contributed by atoms with van der Waals surface area (Å²) in [6, 6.07) is 4.19. The second-order valence-electron chi connectivity index (χ2n) is 3.89. The first kappa shape index (κ1) is 14.4. The third-order valence-electron chi connectivity index (χ3n) is 2.34. The van der Waals surface area contributed by atoms with Gasteiger partial charge in [-0.3, -0.25) is 4.79 Å². The lowest BCUT2D eigenvalue weighted by Crippen LogP contribution is -2.30. The van der Waals surface area contributed by atoms with Crippen LogP contribution in [0.15, 0.2) is 18.2 Å². The quantitative estimate of drug-likeness (QED) is 0.754. The number of hydrogen-bond donors (Lipinski definition) is 1. The second-order valence-corrected chi connectivity index (χ2v) is 3.89. The van der Waals surface area contributed by atoms with E-state index in [-0.39, 0.29) is 18.3 Å². The lowest BCUT2D eigenvalue weighted by molar-refractivity contribution is -0.123. The topological polar surface area (TPSA) is 47.6 Å². The van der Waals surface area contributed by atoms with Crippen LogP contribution in [0, 0.1) is 12.7 Å². The average Bonchev–Trinajstić information content (AvgIpc) is 2.33. The SMILES string of the molecule is COCCCNC(=O)COc1ccc(F)cc1C. The highest BCUT2D eigenvalue weighted by Crippen LogP contribution is 2.17. The lowest BCUT2D eigenvalue weighted by Gasteiger charge is -2.09. The van der Waals surface area contributed by atoms with Crippen molar-refractivity contribution >= 4 is 5.91 Å². The average molecular weight is 255 g/mol. The van der Waals surface area contributed by atoms with Crippen molar-refractivity contribution in [1.29, 1.82) is 0 Å². The summed E-state index contributed by atoms with van der Waals surface area (Å²) in [4.78, 5) is 11.4. The molecule has 0 aliphatic carbocycles. The zero-order valence-corrected chi connectivity index (χ0v) is 10.7. The van der Waals surface area contributed by atoms with Crippen LogP contribution in [0.1, 0.15) is 12.0 Å². The summed E-state index contributed by atoms with van der Waals surface area (Å²) in [6.45, 7) is 2.82. The van der Waals surface area contributed by atoms with Crippen LogP contribution in [0.4, 0.5) is 4.39 Å². The predicted molar refractivity (Wildman–Crippen MR) is 66.1 cm³/mol. The Morgan fingerprint density at radius 3 is 2.89 bits per heavy atom. The number of carbonyl (C=O) groups is 1. The molecule has 100 valence electrons. The van der Waals surface area contributed by atoms with Gasteiger partial charge in [0.05, 0.1) is 0 Å². The molecule has 0 unspecified atom stereocenters. The van der Waals surface area contributed by atoms with Crippen molar-refractivity contribution in [2.24, 2.45) is 0 Å². The summed E-state index contributed by atoms with van der Waals surface area (Å²) in [5.74, 6) is 0.00198. The molecule has 4 nitrogen and oxygen atoms in total. The monoisotopic (exact) mass is 255 g/mol. The van der Waals surface area contributed by atoms with Crippen LogP contribution in [0.3, 0.4) is 0 Å². The second kappa shape index (κ2) is 7.66. The van der Waals surface area contributed by atoms with E-state index in [2.05, 4.69) is 5.32 Å². The van der Waals surface area contributed by atoms with Gasteiger partial charge in [-0.15, -0.1) is 0 Å². The van der Waals surface area contributed by atoms with Crippen LogP contribution in [-0.4, -0.2) is 32.8 Å². The molecule has 18 heavy (non-hydrogen) atoms. The Bertz CT molecular complexity index is 396. The third kappa shape index (κ3) is 5.14. The Balaban J connectivity index is 2.29. The molecule has 0 saturated heterocycles. The Labute approximate surface area is 106 Å². The van der Waals surface area contributed by atoms with Crippen LogP contribution in [-0.2, 0) is 9.53 Å². The molecule has 0 fully saturated rings. The maximum absolute atomic E-state index is 12.8. The van der Waals surface area contributed by atoms with Crippen molar-refractivity contribution in [2.75, 3.05) is 26.9 Å². The zero-order valence-electron chi connectivity index (χ0n) is 10.7. The number of hydrogen-bond acceptors (Lipinski definition) is 3. The fourth-order valence-corrected chi connectivity index (χ4v) is 1.41. The van der Waals surface area contributed by atoms with Crippen LogP contribution >= 0.6 is 0 Å². The number of ether oxygens (including phenoxy) is 2. The fraction of sp³-hybridized carbons (Fsp3) is 0.462. The summed E-state index contributed by atoms with van der Waals surface area (Å²) in [5.41, 5.74) is 0.669. The van der Waals surface area contributed by atoms with Crippen molar-refractivity contribution in [3.05, 3.63) is 29.6 Å². The number of aryl methyl sites for hydroxylation is 1. The van der Waals surface area contributed by atoms with E-state index in [0.717, 1.165) is 6.42 Å². The molecule has 0 aliphatic rings. The molecule has 0 aromatic heterocycles. The fourth-order valence-electron chi connectivity index (χ4n) is 1.41. The van der Waals surface area contributed by atoms with Gasteiger partial charge in [-0.2, -0.15) is 0 Å². The van der Waals surface area contributed by atoms with Crippen molar-refractivity contribution in [1.82, 2.24) is 5.32 Å². The molecule has 1 aromatic rings. The van der Waals surface area contributed by atoms with Gasteiger partial charge in [0, 0.05) is 20.3 Å². The molecule has 5 heteroatoms. The van der Waals surface area contributed by atoms with Gasteiger partial charge in [0.1, 0.15) is 11.6 Å². The first-order valence-corrected chi connectivity index (χ1v) is 5.78. The number of benzene rings is 1. The molecule has 0 heterocycles. The third-order valence-corrected chi connectivity index (χ3v) is 2.34. The molecule has 1 rings (SSSR count). The van der Waals surface area contributed by atoms with E-state index in [1.165, 1.54) is 18.2 Å². The highest BCUT2D eigenvalue weighted by Gasteiger charge is 2.05. The molecule has 0 spiro atoms. The van der Waals surface area contributed by atoms with E-state index in [0.29, 0.717) is 24.5 Å². The van der Waals surface area contributed by atoms with E-state index in [9.17, 15) is 9.18 Å². The van der Waals surface area contributed by atoms with E-state index in [1.54, 1.807) is 14.0 Å². The minimum absolute atomic E-state index is 0.0700. The molecule has 0 bridgehead atoms. The van der Waals surface area contributed by atoms with Gasteiger partial charge >= 0.3 is 0 Å². The van der Waals surface area contributed by atoms with Crippen LogP contribution in [0.25, 0.3) is 0 Å². The predicted octanol–water partition coefficient (Wildman–Crippen LogP) is 1.67. The minimum Gasteiger partial charge on any atom is -0.484 e. The van der Waals surface area contributed by atoms with Gasteiger partial charge in [-0.25, -0.2) is 4.39 Å². The normalized spacial score (nSPS) is 10.2. The van der Waals surface area contributed by atoms with Crippen LogP contribution in [0.5, 0.6) is 5.75 Å². The number of nitrogens with one attached hydrogen (secondary N) is 1. The molecule has 1 amide bonds. The standard InChI is InChI=1S/C13H18FNO3/c1-10-8-11(14)4-5-12(10)18-9-13(16)15-6-3-7-17-2/h4-5,8H,3,6-7,9H2,1-2H3,(H,15,16). The van der Waals surface area contributed by atoms with E-state index >= 15 is 0 Å². The summed E-state index contributed by atoms with van der Waals surface area (Å²) < 4.78 is 23.0. The highest BCUT2D eigenvalue weighted by molar-refractivity contribution is 5.77. The highest BCUT2D eigenvalue weighted by atomic mass is 19.1. The smallest absolute Gasteiger partial charge is 0.257 e. The van der Waals surface area contributed by atoms with Gasteiger partial charge in [0.15, 0.2) is 6.61 Å². The number of rotatable bonds is 7. The maximum Gasteiger partial charge on any atom is 0.257 e. The molecular weight excluding hydrogens is 237 g/mol. The van der Waals surface area contributed by atoms with Crippen molar-refractivity contribution in [3.63, 3.8) is 0 Å². The first-order valence-electron chi connectivity index (χ1n) is 5.78. The van der Waals surface area contributed by atoms with Crippen LogP contribution < -0.4 is 10.1 Å². The molecule has 0 atom stereocenters. The summed E-state index contributed by atoms with van der Waals surface area (Å²) in [6.07, 6.45) is 0.762. The van der Waals surface area contributed by atoms with Crippen molar-refractivity contribution < 1.29 is 18.7 Å². The summed E-state index contributed by atoms with van der Waals surface area (Å²) in [7, 11) is 1.61. The largest absolute Gasteiger partial charge is 0.484 e. The molecule has 1 aromatic carbocycles. The lowest BCUT2D eigenvalue weighted by atomic mass is 10.2. The Hall–Kier alpha value is -1.62. The molecule has 1 N–H and O–H groups in total.